The van der Waals surface area contributed by atoms with Crippen LogP contribution in [0, 0.1) is 6.92 Å². The first kappa shape index (κ1) is 27.8. The lowest BCUT2D eigenvalue weighted by Crippen LogP contribution is -2.27. The highest BCUT2D eigenvalue weighted by atomic mass is 19.4. The summed E-state index contributed by atoms with van der Waals surface area (Å²) in [6, 6.07) is 10.2. The molecule has 1 aromatic carbocycles. The fourth-order valence-corrected chi connectivity index (χ4v) is 4.70. The van der Waals surface area contributed by atoms with Crippen LogP contribution in [0.15, 0.2) is 59.3 Å². The average Bonchev–Trinajstić information content (AvgIpc) is 3.57. The summed E-state index contributed by atoms with van der Waals surface area (Å²) < 4.78 is 60.1. The molecule has 220 valence electrons. The minimum absolute atomic E-state index is 0.0224. The van der Waals surface area contributed by atoms with Gasteiger partial charge >= 0.3 is 12.1 Å². The molecule has 0 radical (unpaired) electrons. The second-order valence-electron chi connectivity index (χ2n) is 9.60. The maximum atomic E-state index is 14.1. The SMILES string of the molecule is Cc1nc2ncc(N(C)C(=O)c3cccc(-n4nc(C(F)(F)F)c5c4C(Oc4ccc(C(=O)O)cn4)COC5)c3)cc2o1. The minimum atomic E-state index is -4.81. The number of aryl methyl sites for hydroxylation is 1. The molecule has 4 aromatic heterocycles. The Morgan fingerprint density at radius 1 is 1.12 bits per heavy atom. The summed E-state index contributed by atoms with van der Waals surface area (Å²) in [4.78, 5) is 38.3. The number of carbonyl (C=O) groups is 2. The summed E-state index contributed by atoms with van der Waals surface area (Å²) >= 11 is 0. The van der Waals surface area contributed by atoms with Gasteiger partial charge in [-0.15, -0.1) is 0 Å². The van der Waals surface area contributed by atoms with Gasteiger partial charge in [0.1, 0.15) is 0 Å². The molecule has 5 heterocycles. The highest BCUT2D eigenvalue weighted by molar-refractivity contribution is 6.06. The largest absolute Gasteiger partial charge is 0.478 e. The van der Waals surface area contributed by atoms with Gasteiger partial charge < -0.3 is 23.9 Å². The van der Waals surface area contributed by atoms with Gasteiger partial charge in [0.15, 0.2) is 28.9 Å². The number of alkyl halides is 3. The van der Waals surface area contributed by atoms with Gasteiger partial charge in [-0.05, 0) is 24.3 Å². The number of benzene rings is 1. The normalized spacial score (nSPS) is 14.9. The molecule has 0 bridgehead atoms. The fourth-order valence-electron chi connectivity index (χ4n) is 4.70. The van der Waals surface area contributed by atoms with Gasteiger partial charge in [-0.3, -0.25) is 4.79 Å². The molecule has 0 fully saturated rings. The van der Waals surface area contributed by atoms with Gasteiger partial charge in [0.05, 0.1) is 42.0 Å². The second-order valence-corrected chi connectivity index (χ2v) is 9.60. The zero-order valence-electron chi connectivity index (χ0n) is 22.5. The van der Waals surface area contributed by atoms with E-state index in [0.717, 1.165) is 10.9 Å². The number of nitrogens with zero attached hydrogens (tertiary/aromatic N) is 6. The van der Waals surface area contributed by atoms with Crippen molar-refractivity contribution in [3.8, 4) is 11.6 Å². The van der Waals surface area contributed by atoms with Crippen molar-refractivity contribution in [2.75, 3.05) is 18.6 Å². The van der Waals surface area contributed by atoms with Crippen molar-refractivity contribution in [3.05, 3.63) is 88.8 Å². The third kappa shape index (κ3) is 5.25. The van der Waals surface area contributed by atoms with Crippen LogP contribution in [0.25, 0.3) is 16.9 Å². The number of carboxylic acid groups (broad SMARTS) is 1. The average molecular weight is 595 g/mol. The lowest BCUT2D eigenvalue weighted by Gasteiger charge is -2.25. The molecule has 1 aliphatic heterocycles. The predicted molar refractivity (Wildman–Crippen MR) is 142 cm³/mol. The van der Waals surface area contributed by atoms with E-state index in [1.807, 2.05) is 0 Å². The van der Waals surface area contributed by atoms with E-state index in [1.54, 1.807) is 13.0 Å². The standard InChI is InChI=1S/C28H21F3N6O6/c1-14-34-25-20(42-14)9-18(11-33-25)36(2)26(38)15-4-3-5-17(8-15)37-23-19(24(35-37)28(29,30)31)12-41-13-21(23)43-22-7-6-16(10-32-22)27(39)40/h3-11,21H,12-13H2,1-2H3,(H,39,40). The number of oxazole rings is 1. The highest BCUT2D eigenvalue weighted by Gasteiger charge is 2.43. The Hall–Kier alpha value is -5.31. The van der Waals surface area contributed by atoms with Crippen LogP contribution in [0.3, 0.4) is 0 Å². The zero-order chi connectivity index (χ0) is 30.5. The molecule has 1 aliphatic rings. The number of ether oxygens (including phenoxy) is 2. The van der Waals surface area contributed by atoms with Crippen molar-refractivity contribution in [1.82, 2.24) is 24.7 Å². The molecule has 1 amide bonds. The third-order valence-corrected chi connectivity index (χ3v) is 6.73. The number of hydrogen-bond donors (Lipinski definition) is 1. The van der Waals surface area contributed by atoms with Gasteiger partial charge in [-0.2, -0.15) is 23.3 Å². The van der Waals surface area contributed by atoms with E-state index >= 15 is 0 Å². The Balaban J connectivity index is 1.37. The van der Waals surface area contributed by atoms with E-state index < -0.39 is 29.9 Å². The summed E-state index contributed by atoms with van der Waals surface area (Å²) in [5, 5.41) is 13.0. The van der Waals surface area contributed by atoms with Crippen LogP contribution in [-0.2, 0) is 17.5 Å². The van der Waals surface area contributed by atoms with Gasteiger partial charge in [0.25, 0.3) is 5.91 Å². The van der Waals surface area contributed by atoms with E-state index in [9.17, 15) is 22.8 Å². The molecule has 15 heteroatoms. The molecule has 1 atom stereocenters. The Kier molecular flexibility index (Phi) is 6.80. The van der Waals surface area contributed by atoms with Gasteiger partial charge in [-0.1, -0.05) is 6.07 Å². The van der Waals surface area contributed by atoms with Crippen molar-refractivity contribution < 1.29 is 41.8 Å². The molecule has 0 spiro atoms. The van der Waals surface area contributed by atoms with Crippen LogP contribution in [-0.4, -0.2) is 55.4 Å². The Bertz CT molecular complexity index is 1870. The number of halogens is 3. The monoisotopic (exact) mass is 594 g/mol. The molecule has 1 N–H and O–H groups in total. The van der Waals surface area contributed by atoms with Gasteiger partial charge in [0.2, 0.25) is 5.88 Å². The number of anilines is 1. The van der Waals surface area contributed by atoms with Crippen molar-refractivity contribution in [2.24, 2.45) is 0 Å². The van der Waals surface area contributed by atoms with Crippen LogP contribution in [0.2, 0.25) is 0 Å². The van der Waals surface area contributed by atoms with Crippen molar-refractivity contribution in [1.29, 1.82) is 0 Å². The molecular formula is C28H21F3N6O6. The van der Waals surface area contributed by atoms with E-state index in [2.05, 4.69) is 20.1 Å². The van der Waals surface area contributed by atoms with Gasteiger partial charge in [0, 0.05) is 43.4 Å². The first-order chi connectivity index (χ1) is 20.5. The Morgan fingerprint density at radius 2 is 1.93 bits per heavy atom. The van der Waals surface area contributed by atoms with Crippen LogP contribution < -0.4 is 9.64 Å². The van der Waals surface area contributed by atoms with E-state index in [4.69, 9.17) is 19.0 Å². The number of aromatic carboxylic acids is 1. The molecule has 12 nitrogen and oxygen atoms in total. The maximum Gasteiger partial charge on any atom is 0.435 e. The third-order valence-electron chi connectivity index (χ3n) is 6.73. The number of aromatic nitrogens is 5. The Morgan fingerprint density at radius 3 is 2.65 bits per heavy atom. The van der Waals surface area contributed by atoms with Crippen molar-refractivity contribution in [3.63, 3.8) is 0 Å². The van der Waals surface area contributed by atoms with Gasteiger partial charge in [-0.25, -0.2) is 19.4 Å². The topological polar surface area (TPSA) is 146 Å². The Labute approximate surface area is 240 Å². The summed E-state index contributed by atoms with van der Waals surface area (Å²) in [5.74, 6) is -1.26. The maximum absolute atomic E-state index is 14.1. The molecule has 0 saturated heterocycles. The number of carbonyl (C=O) groups excluding carboxylic acids is 1. The second kappa shape index (κ2) is 10.5. The smallest absolute Gasteiger partial charge is 0.435 e. The fraction of sp³-hybridized carbons (Fsp3) is 0.214. The molecular weight excluding hydrogens is 573 g/mol. The molecule has 1 unspecified atom stereocenters. The predicted octanol–water partition coefficient (Wildman–Crippen LogP) is 4.76. The molecule has 43 heavy (non-hydrogen) atoms. The molecule has 6 rings (SSSR count). The van der Waals surface area contributed by atoms with Crippen LogP contribution in [0.4, 0.5) is 18.9 Å². The number of amides is 1. The number of fused-ring (bicyclic) bond motifs is 2. The van der Waals surface area contributed by atoms with Crippen LogP contribution in [0.1, 0.15) is 49.7 Å². The summed E-state index contributed by atoms with van der Waals surface area (Å²) in [6.45, 7) is 1.18. The lowest BCUT2D eigenvalue weighted by atomic mass is 10.1. The van der Waals surface area contributed by atoms with Crippen molar-refractivity contribution in [2.45, 2.75) is 25.8 Å². The quantitative estimate of drug-likeness (QED) is 0.292. The number of rotatable bonds is 6. The molecule has 5 aromatic rings. The lowest BCUT2D eigenvalue weighted by molar-refractivity contribution is -0.143. The number of carboxylic acids is 1. The summed E-state index contributed by atoms with van der Waals surface area (Å²) in [6.07, 6.45) is -3.35. The van der Waals surface area contributed by atoms with Crippen LogP contribution in [0.5, 0.6) is 5.88 Å². The molecule has 0 aliphatic carbocycles. The van der Waals surface area contributed by atoms with Crippen molar-refractivity contribution >= 4 is 28.8 Å². The summed E-state index contributed by atoms with van der Waals surface area (Å²) in [7, 11) is 1.53. The van der Waals surface area contributed by atoms with Crippen LogP contribution >= 0.6 is 0 Å². The highest BCUT2D eigenvalue weighted by Crippen LogP contribution is 2.39. The minimum Gasteiger partial charge on any atom is -0.478 e. The van der Waals surface area contributed by atoms with E-state index in [-0.39, 0.29) is 47.2 Å². The first-order valence-corrected chi connectivity index (χ1v) is 12.7. The number of pyridine rings is 2. The first-order valence-electron chi connectivity index (χ1n) is 12.7. The zero-order valence-corrected chi connectivity index (χ0v) is 22.5. The van der Waals surface area contributed by atoms with E-state index in [1.165, 1.54) is 54.5 Å². The van der Waals surface area contributed by atoms with E-state index in [0.29, 0.717) is 22.8 Å². The number of hydrogen-bond acceptors (Lipinski definition) is 9. The summed E-state index contributed by atoms with van der Waals surface area (Å²) in [5.41, 5.74) is 0.154. The molecule has 0 saturated carbocycles.